The van der Waals surface area contributed by atoms with E-state index < -0.39 is 0 Å². The number of nitrogens with zero attached hydrogens (tertiary/aromatic N) is 1. The molecule has 1 aromatic carbocycles. The van der Waals surface area contributed by atoms with Gasteiger partial charge in [-0.05, 0) is 30.2 Å². The van der Waals surface area contributed by atoms with Gasteiger partial charge >= 0.3 is 0 Å². The van der Waals surface area contributed by atoms with E-state index in [0.29, 0.717) is 25.8 Å². The van der Waals surface area contributed by atoms with Gasteiger partial charge in [0.05, 0.1) is 4.91 Å². The summed E-state index contributed by atoms with van der Waals surface area (Å²) in [6.45, 7) is 2.76. The quantitative estimate of drug-likeness (QED) is 0.566. The largest absolute Gasteiger partial charge is 0.293 e. The first kappa shape index (κ1) is 15.8. The van der Waals surface area contributed by atoms with Crippen LogP contribution >= 0.6 is 47.2 Å². The SMILES string of the molecule is CCCCN1C(=O)/C(=C\c2ccc(Cl)cc2Cl)SC1=S. The van der Waals surface area contributed by atoms with Crippen molar-refractivity contribution in [1.29, 1.82) is 0 Å². The Labute approximate surface area is 138 Å². The normalized spacial score (nSPS) is 17.4. The van der Waals surface area contributed by atoms with Crippen LogP contribution in [-0.4, -0.2) is 21.7 Å². The number of carbonyl (C=O) groups is 1. The minimum absolute atomic E-state index is 0.0422. The molecule has 1 fully saturated rings. The predicted octanol–water partition coefficient (Wildman–Crippen LogP) is 4.99. The highest BCUT2D eigenvalue weighted by Crippen LogP contribution is 2.34. The van der Waals surface area contributed by atoms with E-state index in [4.69, 9.17) is 35.4 Å². The van der Waals surface area contributed by atoms with Crippen LogP contribution in [0.5, 0.6) is 0 Å². The molecule has 1 saturated heterocycles. The molecule has 1 amide bonds. The van der Waals surface area contributed by atoms with E-state index in [9.17, 15) is 4.79 Å². The van der Waals surface area contributed by atoms with Gasteiger partial charge in [0.1, 0.15) is 4.32 Å². The van der Waals surface area contributed by atoms with Crippen molar-refractivity contribution in [1.82, 2.24) is 4.90 Å². The highest BCUT2D eigenvalue weighted by molar-refractivity contribution is 8.26. The van der Waals surface area contributed by atoms with Gasteiger partial charge in [0, 0.05) is 16.6 Å². The van der Waals surface area contributed by atoms with E-state index in [1.165, 1.54) is 11.8 Å². The second-order valence-corrected chi connectivity index (χ2v) is 6.87. The Kier molecular flexibility index (Phi) is 5.49. The van der Waals surface area contributed by atoms with Crippen LogP contribution in [-0.2, 0) is 4.79 Å². The maximum atomic E-state index is 12.3. The molecule has 0 saturated carbocycles. The third-order valence-electron chi connectivity index (χ3n) is 2.86. The number of hydrogen-bond donors (Lipinski definition) is 0. The van der Waals surface area contributed by atoms with Gasteiger partial charge in [0.25, 0.3) is 5.91 Å². The summed E-state index contributed by atoms with van der Waals surface area (Å²) in [5, 5.41) is 1.10. The third-order valence-corrected chi connectivity index (χ3v) is 4.80. The summed E-state index contributed by atoms with van der Waals surface area (Å²) in [4.78, 5) is 14.5. The van der Waals surface area contributed by atoms with Crippen LogP contribution in [0.2, 0.25) is 10.0 Å². The van der Waals surface area contributed by atoms with E-state index in [-0.39, 0.29) is 5.91 Å². The Morgan fingerprint density at radius 3 is 2.80 bits per heavy atom. The minimum atomic E-state index is -0.0422. The first-order chi connectivity index (χ1) is 9.52. The fourth-order valence-corrected chi connectivity index (χ4v) is 3.53. The average molecular weight is 346 g/mol. The molecule has 1 aliphatic heterocycles. The number of rotatable bonds is 4. The Morgan fingerprint density at radius 1 is 1.40 bits per heavy atom. The van der Waals surface area contributed by atoms with Crippen LogP contribution in [0.25, 0.3) is 6.08 Å². The number of hydrogen-bond acceptors (Lipinski definition) is 3. The number of benzene rings is 1. The Bertz CT molecular complexity index is 587. The van der Waals surface area contributed by atoms with Crippen molar-refractivity contribution in [3.63, 3.8) is 0 Å². The van der Waals surface area contributed by atoms with Crippen molar-refractivity contribution >= 4 is 63.5 Å². The third kappa shape index (κ3) is 3.55. The summed E-state index contributed by atoms with van der Waals surface area (Å²) in [7, 11) is 0. The maximum Gasteiger partial charge on any atom is 0.266 e. The molecule has 0 spiro atoms. The zero-order valence-electron chi connectivity index (χ0n) is 10.9. The first-order valence-corrected chi connectivity index (χ1v) is 8.21. The van der Waals surface area contributed by atoms with Crippen LogP contribution in [0.3, 0.4) is 0 Å². The van der Waals surface area contributed by atoms with Gasteiger partial charge in [-0.1, -0.05) is 66.6 Å². The molecule has 1 heterocycles. The van der Waals surface area contributed by atoms with E-state index >= 15 is 0 Å². The second-order valence-electron chi connectivity index (χ2n) is 4.35. The van der Waals surface area contributed by atoms with Crippen molar-refractivity contribution in [2.24, 2.45) is 0 Å². The topological polar surface area (TPSA) is 20.3 Å². The molecule has 20 heavy (non-hydrogen) atoms. The monoisotopic (exact) mass is 345 g/mol. The van der Waals surface area contributed by atoms with Crippen LogP contribution in [0.15, 0.2) is 23.1 Å². The number of thiocarbonyl (C=S) groups is 1. The number of halogens is 2. The van der Waals surface area contributed by atoms with Gasteiger partial charge in [-0.25, -0.2) is 0 Å². The number of unbranched alkanes of at least 4 members (excludes halogenated alkanes) is 1. The summed E-state index contributed by atoms with van der Waals surface area (Å²) < 4.78 is 0.611. The summed E-state index contributed by atoms with van der Waals surface area (Å²) in [5.41, 5.74) is 0.770. The molecule has 2 rings (SSSR count). The summed E-state index contributed by atoms with van der Waals surface area (Å²) in [5.74, 6) is -0.0422. The molecule has 106 valence electrons. The van der Waals surface area contributed by atoms with E-state index in [1.54, 1.807) is 29.2 Å². The van der Waals surface area contributed by atoms with Crippen molar-refractivity contribution < 1.29 is 4.79 Å². The number of carbonyl (C=O) groups excluding carboxylic acids is 1. The lowest BCUT2D eigenvalue weighted by molar-refractivity contribution is -0.122. The van der Waals surface area contributed by atoms with Crippen molar-refractivity contribution in [3.8, 4) is 0 Å². The van der Waals surface area contributed by atoms with Crippen LogP contribution in [0, 0.1) is 0 Å². The lowest BCUT2D eigenvalue weighted by Crippen LogP contribution is -2.28. The average Bonchev–Trinajstić information content (AvgIpc) is 2.66. The van der Waals surface area contributed by atoms with Crippen molar-refractivity contribution in [2.45, 2.75) is 19.8 Å². The zero-order valence-corrected chi connectivity index (χ0v) is 14.0. The molecule has 0 unspecified atom stereocenters. The lowest BCUT2D eigenvalue weighted by Gasteiger charge is -2.13. The van der Waals surface area contributed by atoms with Crippen molar-refractivity contribution in [2.75, 3.05) is 6.54 Å². The van der Waals surface area contributed by atoms with Gasteiger partial charge < -0.3 is 0 Å². The Hall–Kier alpha value is -0.550. The van der Waals surface area contributed by atoms with Gasteiger partial charge in [0.15, 0.2) is 0 Å². The fraction of sp³-hybridized carbons (Fsp3) is 0.286. The first-order valence-electron chi connectivity index (χ1n) is 6.23. The maximum absolute atomic E-state index is 12.3. The molecule has 1 aromatic rings. The highest BCUT2D eigenvalue weighted by Gasteiger charge is 2.31. The molecule has 0 aliphatic carbocycles. The van der Waals surface area contributed by atoms with Gasteiger partial charge in [-0.2, -0.15) is 0 Å². The summed E-state index contributed by atoms with van der Waals surface area (Å²) >= 11 is 18.5. The molecule has 6 heteroatoms. The van der Waals surface area contributed by atoms with Crippen LogP contribution in [0.4, 0.5) is 0 Å². The van der Waals surface area contributed by atoms with Gasteiger partial charge in [-0.15, -0.1) is 0 Å². The van der Waals surface area contributed by atoms with Gasteiger partial charge in [0.2, 0.25) is 0 Å². The summed E-state index contributed by atoms with van der Waals surface area (Å²) in [6.07, 6.45) is 3.74. The lowest BCUT2D eigenvalue weighted by atomic mass is 10.2. The summed E-state index contributed by atoms with van der Waals surface area (Å²) in [6, 6.07) is 5.20. The number of amides is 1. The standard InChI is InChI=1S/C14H13Cl2NOS2/c1-2-3-6-17-13(18)12(20-14(17)19)7-9-4-5-10(15)8-11(9)16/h4-5,7-8H,2-3,6H2,1H3/b12-7+. The molecule has 1 aliphatic rings. The Balaban J connectivity index is 2.23. The molecule has 0 bridgehead atoms. The van der Waals surface area contributed by atoms with Crippen LogP contribution < -0.4 is 0 Å². The van der Waals surface area contributed by atoms with Gasteiger partial charge in [-0.3, -0.25) is 9.69 Å². The molecular weight excluding hydrogens is 333 g/mol. The predicted molar refractivity (Wildman–Crippen MR) is 91.2 cm³/mol. The van der Waals surface area contributed by atoms with E-state index in [2.05, 4.69) is 6.92 Å². The molecule has 2 nitrogen and oxygen atoms in total. The smallest absolute Gasteiger partial charge is 0.266 e. The minimum Gasteiger partial charge on any atom is -0.293 e. The molecular formula is C14H13Cl2NOS2. The Morgan fingerprint density at radius 2 is 2.15 bits per heavy atom. The molecule has 0 radical (unpaired) electrons. The zero-order chi connectivity index (χ0) is 14.7. The molecule has 0 aromatic heterocycles. The second kappa shape index (κ2) is 6.94. The molecule has 0 atom stereocenters. The van der Waals surface area contributed by atoms with E-state index in [1.807, 2.05) is 0 Å². The molecule has 0 N–H and O–H groups in total. The number of thioether (sulfide) groups is 1. The highest BCUT2D eigenvalue weighted by atomic mass is 35.5. The van der Waals surface area contributed by atoms with Crippen molar-refractivity contribution in [3.05, 3.63) is 38.7 Å². The van der Waals surface area contributed by atoms with Crippen LogP contribution in [0.1, 0.15) is 25.3 Å². The van der Waals surface area contributed by atoms with E-state index in [0.717, 1.165) is 18.4 Å². The fourth-order valence-electron chi connectivity index (χ4n) is 1.77.